The molecule has 0 radical (unpaired) electrons. The predicted molar refractivity (Wildman–Crippen MR) is 114 cm³/mol. The minimum absolute atomic E-state index is 0.240. The highest BCUT2D eigenvalue weighted by Gasteiger charge is 2.37. The fraction of sp³-hybridized carbons (Fsp3) is 0.348. The molecule has 2 aromatic carbocycles. The van der Waals surface area contributed by atoms with Gasteiger partial charge < -0.3 is 15.8 Å². The second-order valence-corrected chi connectivity index (χ2v) is 7.58. The quantitative estimate of drug-likeness (QED) is 0.464. The van der Waals surface area contributed by atoms with E-state index in [0.29, 0.717) is 5.56 Å². The number of amides is 1. The number of nitrogens with zero attached hydrogens (tertiary/aromatic N) is 1. The predicted octanol–water partition coefficient (Wildman–Crippen LogP) is 4.23. The Morgan fingerprint density at radius 2 is 1.89 bits per heavy atom. The average Bonchev–Trinajstić information content (AvgIpc) is 3.17. The van der Waals surface area contributed by atoms with Gasteiger partial charge in [-0.2, -0.15) is 4.99 Å². The standard InChI is InChI=1S/C23H27N3O2/c1-15-6-7-18(22(28)26-16(2)24)12-19(15)17-8-9-20(21(13-17)25-3)23(14-27)10-4-5-11-23/h6-9,12-14,25H,4-5,10-11H2,1-3H3,(H2,24,26,28). The minimum Gasteiger partial charge on any atom is -0.388 e. The SMILES string of the molecule is CNc1cc(-c2cc(C(=O)N=C(C)N)ccc2C)ccc1C1(C=O)CCCC1. The molecule has 1 aliphatic carbocycles. The van der Waals surface area contributed by atoms with Crippen molar-refractivity contribution in [1.82, 2.24) is 0 Å². The summed E-state index contributed by atoms with van der Waals surface area (Å²) >= 11 is 0. The molecule has 1 amide bonds. The molecule has 1 saturated carbocycles. The van der Waals surface area contributed by atoms with Crippen molar-refractivity contribution in [2.24, 2.45) is 10.7 Å². The van der Waals surface area contributed by atoms with Gasteiger partial charge in [-0.05, 0) is 67.1 Å². The van der Waals surface area contributed by atoms with E-state index < -0.39 is 5.41 Å². The Morgan fingerprint density at radius 3 is 2.50 bits per heavy atom. The number of carbonyl (C=O) groups is 2. The van der Waals surface area contributed by atoms with Crippen LogP contribution in [0.5, 0.6) is 0 Å². The normalized spacial score (nSPS) is 16.0. The summed E-state index contributed by atoms with van der Waals surface area (Å²) in [5.41, 5.74) is 10.7. The van der Waals surface area contributed by atoms with Crippen LogP contribution >= 0.6 is 0 Å². The van der Waals surface area contributed by atoms with Crippen LogP contribution in [0.3, 0.4) is 0 Å². The molecule has 0 atom stereocenters. The monoisotopic (exact) mass is 377 g/mol. The van der Waals surface area contributed by atoms with Crippen LogP contribution in [0.15, 0.2) is 41.4 Å². The van der Waals surface area contributed by atoms with E-state index >= 15 is 0 Å². The third-order valence-electron chi connectivity index (χ3n) is 5.62. The van der Waals surface area contributed by atoms with Crippen molar-refractivity contribution in [2.45, 2.75) is 44.9 Å². The summed E-state index contributed by atoms with van der Waals surface area (Å²) in [5.74, 6) is -0.109. The molecule has 3 N–H and O–H groups in total. The van der Waals surface area contributed by atoms with Gasteiger partial charge in [0.15, 0.2) is 0 Å². The molecule has 1 aliphatic rings. The topological polar surface area (TPSA) is 84.6 Å². The van der Waals surface area contributed by atoms with Crippen molar-refractivity contribution in [3.63, 3.8) is 0 Å². The number of anilines is 1. The number of aliphatic imine (C=N–C) groups is 1. The summed E-state index contributed by atoms with van der Waals surface area (Å²) in [6.45, 7) is 3.61. The maximum Gasteiger partial charge on any atom is 0.278 e. The van der Waals surface area contributed by atoms with Crippen molar-refractivity contribution in [3.8, 4) is 11.1 Å². The molecule has 0 spiro atoms. The molecule has 0 bridgehead atoms. The van der Waals surface area contributed by atoms with Gasteiger partial charge in [0.1, 0.15) is 12.1 Å². The number of hydrogen-bond donors (Lipinski definition) is 2. The molecule has 0 heterocycles. The number of aldehydes is 1. The van der Waals surface area contributed by atoms with Gasteiger partial charge in [-0.3, -0.25) is 4.79 Å². The smallest absolute Gasteiger partial charge is 0.278 e. The highest BCUT2D eigenvalue weighted by Crippen LogP contribution is 2.43. The fourth-order valence-electron chi connectivity index (χ4n) is 4.10. The molecule has 0 aliphatic heterocycles. The van der Waals surface area contributed by atoms with E-state index in [1.165, 1.54) is 0 Å². The Kier molecular flexibility index (Phi) is 5.63. The highest BCUT2D eigenvalue weighted by atomic mass is 16.1. The van der Waals surface area contributed by atoms with E-state index in [0.717, 1.165) is 59.9 Å². The summed E-state index contributed by atoms with van der Waals surface area (Å²) < 4.78 is 0. The van der Waals surface area contributed by atoms with Gasteiger partial charge in [0.05, 0.1) is 5.41 Å². The molecule has 5 heteroatoms. The molecule has 3 rings (SSSR count). The van der Waals surface area contributed by atoms with Crippen molar-refractivity contribution >= 4 is 23.7 Å². The number of rotatable bonds is 5. The van der Waals surface area contributed by atoms with Gasteiger partial charge in [-0.25, -0.2) is 0 Å². The van der Waals surface area contributed by atoms with E-state index in [-0.39, 0.29) is 11.7 Å². The summed E-state index contributed by atoms with van der Waals surface area (Å²) in [4.78, 5) is 28.0. The first kappa shape index (κ1) is 19.8. The Hall–Kier alpha value is -2.95. The number of hydrogen-bond acceptors (Lipinski definition) is 3. The highest BCUT2D eigenvalue weighted by molar-refractivity contribution is 6.03. The van der Waals surface area contributed by atoms with Gasteiger partial charge >= 0.3 is 0 Å². The van der Waals surface area contributed by atoms with Crippen LogP contribution in [0.25, 0.3) is 11.1 Å². The van der Waals surface area contributed by atoms with Gasteiger partial charge in [-0.15, -0.1) is 0 Å². The first-order valence-electron chi connectivity index (χ1n) is 9.65. The van der Waals surface area contributed by atoms with Gasteiger partial charge in [-0.1, -0.05) is 31.0 Å². The molecular weight excluding hydrogens is 350 g/mol. The van der Waals surface area contributed by atoms with Crippen LogP contribution in [0.1, 0.15) is 54.1 Å². The van der Waals surface area contributed by atoms with E-state index in [2.05, 4.69) is 22.4 Å². The lowest BCUT2D eigenvalue weighted by Gasteiger charge is -2.26. The number of amidine groups is 1. The van der Waals surface area contributed by atoms with Crippen LogP contribution in [0.4, 0.5) is 5.69 Å². The lowest BCUT2D eigenvalue weighted by molar-refractivity contribution is -0.112. The van der Waals surface area contributed by atoms with Crippen LogP contribution in [-0.2, 0) is 10.2 Å². The summed E-state index contributed by atoms with van der Waals surface area (Å²) in [7, 11) is 1.88. The first-order valence-corrected chi connectivity index (χ1v) is 9.65. The largest absolute Gasteiger partial charge is 0.388 e. The molecule has 1 fully saturated rings. The fourth-order valence-corrected chi connectivity index (χ4v) is 4.10. The van der Waals surface area contributed by atoms with Crippen molar-refractivity contribution in [2.75, 3.05) is 12.4 Å². The maximum atomic E-state index is 12.3. The Balaban J connectivity index is 2.06. The number of benzene rings is 2. The average molecular weight is 377 g/mol. The van der Waals surface area contributed by atoms with Crippen molar-refractivity contribution in [3.05, 3.63) is 53.1 Å². The third kappa shape index (κ3) is 3.70. The molecule has 0 unspecified atom stereocenters. The molecule has 28 heavy (non-hydrogen) atoms. The minimum atomic E-state index is -0.392. The molecule has 5 nitrogen and oxygen atoms in total. The number of carbonyl (C=O) groups excluding carboxylic acids is 2. The number of nitrogens with two attached hydrogens (primary N) is 1. The van der Waals surface area contributed by atoms with Crippen molar-refractivity contribution < 1.29 is 9.59 Å². The molecule has 0 aromatic heterocycles. The molecule has 2 aromatic rings. The zero-order valence-corrected chi connectivity index (χ0v) is 16.7. The Bertz CT molecular complexity index is 937. The van der Waals surface area contributed by atoms with Crippen LogP contribution < -0.4 is 11.1 Å². The maximum absolute atomic E-state index is 12.3. The second-order valence-electron chi connectivity index (χ2n) is 7.58. The first-order chi connectivity index (χ1) is 13.4. The molecule has 146 valence electrons. The Labute approximate surface area is 166 Å². The van der Waals surface area contributed by atoms with E-state index in [1.54, 1.807) is 13.0 Å². The van der Waals surface area contributed by atoms with E-state index in [4.69, 9.17) is 5.73 Å². The van der Waals surface area contributed by atoms with Gasteiger partial charge in [0.2, 0.25) is 0 Å². The van der Waals surface area contributed by atoms with Crippen LogP contribution in [0, 0.1) is 6.92 Å². The van der Waals surface area contributed by atoms with E-state index in [9.17, 15) is 9.59 Å². The summed E-state index contributed by atoms with van der Waals surface area (Å²) in [5, 5.41) is 3.26. The second kappa shape index (κ2) is 7.97. The van der Waals surface area contributed by atoms with Gasteiger partial charge in [0.25, 0.3) is 5.91 Å². The zero-order valence-electron chi connectivity index (χ0n) is 16.7. The van der Waals surface area contributed by atoms with Crippen LogP contribution in [0.2, 0.25) is 0 Å². The van der Waals surface area contributed by atoms with Gasteiger partial charge in [0, 0.05) is 18.3 Å². The third-order valence-corrected chi connectivity index (χ3v) is 5.62. The number of nitrogens with one attached hydrogen (secondary N) is 1. The zero-order chi connectivity index (χ0) is 20.3. The Morgan fingerprint density at radius 1 is 1.18 bits per heavy atom. The van der Waals surface area contributed by atoms with Crippen molar-refractivity contribution in [1.29, 1.82) is 0 Å². The van der Waals surface area contributed by atoms with Crippen LogP contribution in [-0.4, -0.2) is 25.1 Å². The lowest BCUT2D eigenvalue weighted by atomic mass is 9.78. The number of aryl methyl sites for hydroxylation is 1. The molecular formula is C23H27N3O2. The lowest BCUT2D eigenvalue weighted by Crippen LogP contribution is -2.25. The summed E-state index contributed by atoms with van der Waals surface area (Å²) in [6, 6.07) is 11.7. The van der Waals surface area contributed by atoms with E-state index in [1.807, 2.05) is 32.2 Å². The summed E-state index contributed by atoms with van der Waals surface area (Å²) in [6.07, 6.45) is 5.06. The molecule has 0 saturated heterocycles.